The third-order valence-corrected chi connectivity index (χ3v) is 4.44. The predicted octanol–water partition coefficient (Wildman–Crippen LogP) is 1.78. The number of ether oxygens (including phenoxy) is 1. The molecule has 0 bridgehead atoms. The van der Waals surface area contributed by atoms with Crippen LogP contribution in [0.3, 0.4) is 0 Å². The monoisotopic (exact) mass is 297 g/mol. The van der Waals surface area contributed by atoms with E-state index in [9.17, 15) is 4.79 Å². The number of carbonyl (C=O) groups is 1. The van der Waals surface area contributed by atoms with E-state index in [1.807, 2.05) is 32.0 Å². The van der Waals surface area contributed by atoms with Gasteiger partial charge in [-0.1, -0.05) is 6.07 Å². The van der Waals surface area contributed by atoms with Crippen molar-refractivity contribution >= 4 is 17.4 Å². The SMILES string of the molecule is C[C@H]1CN(C(=O)NC[C@H](c2cccs2)N(C)C)CCO1. The van der Waals surface area contributed by atoms with E-state index in [-0.39, 0.29) is 18.2 Å². The molecule has 0 saturated carbocycles. The Balaban J connectivity index is 1.87. The Hall–Kier alpha value is -1.11. The highest BCUT2D eigenvalue weighted by Gasteiger charge is 2.23. The molecule has 0 aliphatic carbocycles. The first-order valence-electron chi connectivity index (χ1n) is 6.92. The van der Waals surface area contributed by atoms with Gasteiger partial charge in [-0.25, -0.2) is 4.79 Å². The zero-order chi connectivity index (χ0) is 14.5. The molecule has 1 N–H and O–H groups in total. The molecule has 6 heteroatoms. The van der Waals surface area contributed by atoms with Crippen molar-refractivity contribution in [3.8, 4) is 0 Å². The van der Waals surface area contributed by atoms with Gasteiger partial charge in [0.15, 0.2) is 0 Å². The summed E-state index contributed by atoms with van der Waals surface area (Å²) in [6.07, 6.45) is 0.122. The van der Waals surface area contributed by atoms with Crippen LogP contribution in [0.25, 0.3) is 0 Å². The number of rotatable bonds is 4. The van der Waals surface area contributed by atoms with Gasteiger partial charge < -0.3 is 19.9 Å². The minimum Gasteiger partial charge on any atom is -0.375 e. The molecule has 1 aromatic rings. The van der Waals surface area contributed by atoms with Gasteiger partial charge in [0.1, 0.15) is 0 Å². The van der Waals surface area contributed by atoms with E-state index in [2.05, 4.69) is 21.7 Å². The Kier molecular flexibility index (Phi) is 5.39. The van der Waals surface area contributed by atoms with E-state index in [1.165, 1.54) is 4.88 Å². The Morgan fingerprint density at radius 1 is 1.65 bits per heavy atom. The summed E-state index contributed by atoms with van der Waals surface area (Å²) in [5.74, 6) is 0. The van der Waals surface area contributed by atoms with Gasteiger partial charge in [-0.15, -0.1) is 11.3 Å². The normalized spacial score (nSPS) is 21.0. The molecule has 2 amide bonds. The third kappa shape index (κ3) is 3.94. The molecule has 2 rings (SSSR count). The van der Waals surface area contributed by atoms with E-state index < -0.39 is 0 Å². The van der Waals surface area contributed by atoms with Crippen molar-refractivity contribution in [1.29, 1.82) is 0 Å². The van der Waals surface area contributed by atoms with Crippen LogP contribution in [-0.4, -0.2) is 62.3 Å². The van der Waals surface area contributed by atoms with Crippen molar-refractivity contribution in [3.05, 3.63) is 22.4 Å². The quantitative estimate of drug-likeness (QED) is 0.921. The number of carbonyl (C=O) groups excluding carboxylic acids is 1. The number of likely N-dealkylation sites (N-methyl/N-ethyl adjacent to an activating group) is 1. The van der Waals surface area contributed by atoms with Crippen molar-refractivity contribution in [3.63, 3.8) is 0 Å². The molecule has 1 saturated heterocycles. The van der Waals surface area contributed by atoms with Crippen molar-refractivity contribution in [2.75, 3.05) is 40.3 Å². The molecule has 5 nitrogen and oxygen atoms in total. The van der Waals surface area contributed by atoms with Gasteiger partial charge in [0.25, 0.3) is 0 Å². The Bertz CT molecular complexity index is 422. The summed E-state index contributed by atoms with van der Waals surface area (Å²) in [6, 6.07) is 4.38. The fourth-order valence-electron chi connectivity index (χ4n) is 2.32. The average Bonchev–Trinajstić information content (AvgIpc) is 2.92. The Labute approximate surface area is 124 Å². The zero-order valence-electron chi connectivity index (χ0n) is 12.3. The molecular weight excluding hydrogens is 274 g/mol. The molecule has 0 radical (unpaired) electrons. The van der Waals surface area contributed by atoms with Gasteiger partial charge in [0.2, 0.25) is 0 Å². The van der Waals surface area contributed by atoms with Crippen LogP contribution in [0.4, 0.5) is 4.79 Å². The molecule has 0 unspecified atom stereocenters. The lowest BCUT2D eigenvalue weighted by atomic mass is 10.2. The van der Waals surface area contributed by atoms with Crippen LogP contribution in [0.2, 0.25) is 0 Å². The van der Waals surface area contributed by atoms with Gasteiger partial charge in [-0.2, -0.15) is 0 Å². The molecule has 1 aliphatic rings. The predicted molar refractivity (Wildman–Crippen MR) is 81.1 cm³/mol. The largest absolute Gasteiger partial charge is 0.375 e. The summed E-state index contributed by atoms with van der Waals surface area (Å²) in [7, 11) is 4.07. The van der Waals surface area contributed by atoms with E-state index in [0.29, 0.717) is 26.2 Å². The van der Waals surface area contributed by atoms with Crippen LogP contribution in [-0.2, 0) is 4.74 Å². The first-order valence-corrected chi connectivity index (χ1v) is 7.80. The number of thiophene rings is 1. The van der Waals surface area contributed by atoms with E-state index in [4.69, 9.17) is 4.74 Å². The van der Waals surface area contributed by atoms with Crippen molar-refractivity contribution in [2.24, 2.45) is 0 Å². The first-order chi connectivity index (χ1) is 9.58. The smallest absolute Gasteiger partial charge is 0.317 e. The summed E-state index contributed by atoms with van der Waals surface area (Å²) in [4.78, 5) is 17.4. The van der Waals surface area contributed by atoms with E-state index in [0.717, 1.165) is 0 Å². The molecule has 0 aromatic carbocycles. The minimum atomic E-state index is 0.00329. The van der Waals surface area contributed by atoms with Crippen molar-refractivity contribution in [2.45, 2.75) is 19.1 Å². The van der Waals surface area contributed by atoms with Gasteiger partial charge in [0, 0.05) is 24.5 Å². The van der Waals surface area contributed by atoms with Crippen LogP contribution in [0, 0.1) is 0 Å². The van der Waals surface area contributed by atoms with Crippen LogP contribution in [0.1, 0.15) is 17.8 Å². The van der Waals surface area contributed by atoms with Crippen LogP contribution < -0.4 is 5.32 Å². The second-order valence-electron chi connectivity index (χ2n) is 5.31. The zero-order valence-corrected chi connectivity index (χ0v) is 13.2. The summed E-state index contributed by atoms with van der Waals surface area (Å²) in [6.45, 7) is 4.57. The number of morpholine rings is 1. The lowest BCUT2D eigenvalue weighted by Crippen LogP contribution is -2.50. The van der Waals surface area contributed by atoms with Crippen molar-refractivity contribution < 1.29 is 9.53 Å². The summed E-state index contributed by atoms with van der Waals surface area (Å²) in [5.41, 5.74) is 0. The lowest BCUT2D eigenvalue weighted by Gasteiger charge is -2.32. The number of nitrogens with zero attached hydrogens (tertiary/aromatic N) is 2. The Morgan fingerprint density at radius 2 is 2.45 bits per heavy atom. The van der Waals surface area contributed by atoms with E-state index >= 15 is 0 Å². The fourth-order valence-corrected chi connectivity index (χ4v) is 3.24. The van der Waals surface area contributed by atoms with Gasteiger partial charge in [-0.05, 0) is 32.5 Å². The molecule has 0 spiro atoms. The summed E-state index contributed by atoms with van der Waals surface area (Å²) in [5, 5.41) is 5.11. The highest BCUT2D eigenvalue weighted by Crippen LogP contribution is 2.22. The third-order valence-electron chi connectivity index (χ3n) is 3.47. The Morgan fingerprint density at radius 3 is 3.05 bits per heavy atom. The molecule has 1 aromatic heterocycles. The second kappa shape index (κ2) is 7.06. The van der Waals surface area contributed by atoms with Gasteiger partial charge >= 0.3 is 6.03 Å². The van der Waals surface area contributed by atoms with Crippen molar-refractivity contribution in [1.82, 2.24) is 15.1 Å². The molecule has 2 heterocycles. The number of urea groups is 1. The van der Waals surface area contributed by atoms with Crippen LogP contribution in [0.5, 0.6) is 0 Å². The summed E-state index contributed by atoms with van der Waals surface area (Å²) < 4.78 is 5.45. The molecule has 1 fully saturated rings. The van der Waals surface area contributed by atoms with Crippen LogP contribution in [0.15, 0.2) is 17.5 Å². The van der Waals surface area contributed by atoms with Gasteiger partial charge in [0.05, 0.1) is 18.8 Å². The standard InChI is InChI=1S/C14H23N3O2S/c1-11-10-17(6-7-19-11)14(18)15-9-12(16(2)3)13-5-4-8-20-13/h4-5,8,11-12H,6-7,9-10H2,1-3H3,(H,15,18)/t11-,12+/m0/s1. The fraction of sp³-hybridized carbons (Fsp3) is 0.643. The average molecular weight is 297 g/mol. The molecule has 2 atom stereocenters. The number of hydrogen-bond donors (Lipinski definition) is 1. The maximum atomic E-state index is 12.2. The minimum absolute atomic E-state index is 0.00329. The number of amides is 2. The van der Waals surface area contributed by atoms with E-state index in [1.54, 1.807) is 11.3 Å². The first kappa shape index (κ1) is 15.3. The molecule has 112 valence electrons. The maximum absolute atomic E-state index is 12.2. The molecule has 1 aliphatic heterocycles. The topological polar surface area (TPSA) is 44.8 Å². The summed E-state index contributed by atoms with van der Waals surface area (Å²) >= 11 is 1.72. The number of nitrogens with one attached hydrogen (secondary N) is 1. The molecule has 20 heavy (non-hydrogen) atoms. The highest BCUT2D eigenvalue weighted by atomic mass is 32.1. The second-order valence-corrected chi connectivity index (χ2v) is 6.29. The molecular formula is C14H23N3O2S. The van der Waals surface area contributed by atoms with Crippen LogP contribution >= 0.6 is 11.3 Å². The lowest BCUT2D eigenvalue weighted by molar-refractivity contribution is -0.00363. The highest BCUT2D eigenvalue weighted by molar-refractivity contribution is 7.10. The maximum Gasteiger partial charge on any atom is 0.317 e. The number of hydrogen-bond acceptors (Lipinski definition) is 4. The van der Waals surface area contributed by atoms with Gasteiger partial charge in [-0.3, -0.25) is 0 Å².